The summed E-state index contributed by atoms with van der Waals surface area (Å²) in [7, 11) is 0. The van der Waals surface area contributed by atoms with Gasteiger partial charge in [-0.15, -0.1) is 0 Å². The third kappa shape index (κ3) is 2.34. The lowest BCUT2D eigenvalue weighted by Gasteiger charge is -2.33. The van der Waals surface area contributed by atoms with E-state index in [0.717, 1.165) is 11.1 Å². The van der Waals surface area contributed by atoms with E-state index in [1.54, 1.807) is 18.2 Å². The van der Waals surface area contributed by atoms with Crippen LogP contribution in [0.1, 0.15) is 27.5 Å². The molecule has 1 heterocycles. The number of nitrogens with zero attached hydrogens (tertiary/aromatic N) is 1. The topological polar surface area (TPSA) is 57.6 Å². The molecule has 1 aliphatic heterocycles. The molecule has 0 aromatic heterocycles. The van der Waals surface area contributed by atoms with Crippen LogP contribution in [-0.4, -0.2) is 28.4 Å². The Labute approximate surface area is 122 Å². The maximum Gasteiger partial charge on any atom is 0.261 e. The number of hydrogen-bond acceptors (Lipinski definition) is 3. The van der Waals surface area contributed by atoms with E-state index >= 15 is 0 Å². The zero-order chi connectivity index (χ0) is 14.8. The zero-order valence-corrected chi connectivity index (χ0v) is 11.4. The lowest BCUT2D eigenvalue weighted by Crippen LogP contribution is -2.45. The van der Waals surface area contributed by atoms with Gasteiger partial charge in [-0.2, -0.15) is 0 Å². The van der Waals surface area contributed by atoms with Crippen LogP contribution in [0.15, 0.2) is 54.6 Å². The molecule has 106 valence electrons. The Morgan fingerprint density at radius 1 is 1.00 bits per heavy atom. The second kappa shape index (κ2) is 5.50. The first-order chi connectivity index (χ1) is 10.2. The summed E-state index contributed by atoms with van der Waals surface area (Å²) in [5.41, 5.74) is 2.03. The molecule has 0 saturated carbocycles. The predicted molar refractivity (Wildman–Crippen MR) is 77.6 cm³/mol. The molecular formula is C17H15NO3. The minimum Gasteiger partial charge on any atom is -0.394 e. The summed E-state index contributed by atoms with van der Waals surface area (Å²) in [4.78, 5) is 26.1. The number of carbonyl (C=O) groups is 2. The number of hydrogen-bond donors (Lipinski definition) is 1. The molecule has 3 rings (SSSR count). The van der Waals surface area contributed by atoms with Crippen LogP contribution in [-0.2, 0) is 11.2 Å². The lowest BCUT2D eigenvalue weighted by atomic mass is 9.95. The molecule has 0 unspecified atom stereocenters. The highest BCUT2D eigenvalue weighted by Crippen LogP contribution is 2.28. The van der Waals surface area contributed by atoms with Crippen molar-refractivity contribution in [3.05, 3.63) is 71.3 Å². The first-order valence-electron chi connectivity index (χ1n) is 6.82. The van der Waals surface area contributed by atoms with Crippen molar-refractivity contribution in [1.29, 1.82) is 0 Å². The molecule has 0 fully saturated rings. The SMILES string of the molecule is O=C1Cc2ccccc2C(=O)N1[C@@H](CO)c1ccccc1. The molecule has 1 atom stereocenters. The first-order valence-corrected chi connectivity index (χ1v) is 6.82. The van der Waals surface area contributed by atoms with Gasteiger partial charge in [0.2, 0.25) is 5.91 Å². The highest BCUT2D eigenvalue weighted by Gasteiger charge is 2.36. The Kier molecular flexibility index (Phi) is 3.54. The molecule has 2 aromatic carbocycles. The van der Waals surface area contributed by atoms with Gasteiger partial charge in [0, 0.05) is 5.56 Å². The number of carbonyl (C=O) groups excluding carboxylic acids is 2. The van der Waals surface area contributed by atoms with Gasteiger partial charge in [-0.25, -0.2) is 0 Å². The number of benzene rings is 2. The standard InChI is InChI=1S/C17H15NO3/c19-11-15(12-6-2-1-3-7-12)18-16(20)10-13-8-4-5-9-14(13)17(18)21/h1-9,15,19H,10-11H2/t15-/m0/s1. The number of aliphatic hydroxyl groups excluding tert-OH is 1. The van der Waals surface area contributed by atoms with Crippen LogP contribution < -0.4 is 0 Å². The molecule has 2 amide bonds. The third-order valence-corrected chi connectivity index (χ3v) is 3.75. The summed E-state index contributed by atoms with van der Waals surface area (Å²) in [5.74, 6) is -0.619. The highest BCUT2D eigenvalue weighted by atomic mass is 16.3. The normalized spacial score (nSPS) is 15.8. The summed E-state index contributed by atoms with van der Waals surface area (Å²) >= 11 is 0. The highest BCUT2D eigenvalue weighted by molar-refractivity contribution is 6.10. The van der Waals surface area contributed by atoms with Crippen LogP contribution in [0.25, 0.3) is 0 Å². The molecule has 0 spiro atoms. The summed E-state index contributed by atoms with van der Waals surface area (Å²) in [5, 5.41) is 9.67. The lowest BCUT2D eigenvalue weighted by molar-refractivity contribution is -0.131. The fraction of sp³-hybridized carbons (Fsp3) is 0.176. The second-order valence-corrected chi connectivity index (χ2v) is 5.01. The Morgan fingerprint density at radius 2 is 1.67 bits per heavy atom. The van der Waals surface area contributed by atoms with Gasteiger partial charge >= 0.3 is 0 Å². The van der Waals surface area contributed by atoms with Crippen LogP contribution in [0.2, 0.25) is 0 Å². The molecule has 21 heavy (non-hydrogen) atoms. The molecule has 0 radical (unpaired) electrons. The van der Waals surface area contributed by atoms with Crippen LogP contribution in [0.3, 0.4) is 0 Å². The van der Waals surface area contributed by atoms with Gasteiger partial charge in [0.1, 0.15) is 0 Å². The average Bonchev–Trinajstić information content (AvgIpc) is 2.52. The molecule has 0 aliphatic carbocycles. The van der Waals surface area contributed by atoms with Gasteiger partial charge in [0.15, 0.2) is 0 Å². The fourth-order valence-corrected chi connectivity index (χ4v) is 2.70. The number of fused-ring (bicyclic) bond motifs is 1. The maximum atomic E-state index is 12.6. The van der Waals surface area contributed by atoms with Crippen molar-refractivity contribution in [3.63, 3.8) is 0 Å². The summed E-state index contributed by atoms with van der Waals surface area (Å²) in [6.07, 6.45) is 0.186. The van der Waals surface area contributed by atoms with Crippen LogP contribution >= 0.6 is 0 Å². The molecule has 0 saturated heterocycles. The van der Waals surface area contributed by atoms with E-state index in [0.29, 0.717) is 5.56 Å². The fourth-order valence-electron chi connectivity index (χ4n) is 2.70. The van der Waals surface area contributed by atoms with E-state index in [-0.39, 0.29) is 24.8 Å². The van der Waals surface area contributed by atoms with E-state index in [1.807, 2.05) is 36.4 Å². The Bertz CT molecular complexity index is 681. The van der Waals surface area contributed by atoms with Crippen LogP contribution in [0.5, 0.6) is 0 Å². The van der Waals surface area contributed by atoms with Crippen molar-refractivity contribution in [2.45, 2.75) is 12.5 Å². The molecule has 4 nitrogen and oxygen atoms in total. The number of rotatable bonds is 3. The first kappa shape index (κ1) is 13.5. The minimum atomic E-state index is -0.639. The Hall–Kier alpha value is -2.46. The molecule has 1 aliphatic rings. The van der Waals surface area contributed by atoms with E-state index in [2.05, 4.69) is 0 Å². The number of aliphatic hydroxyl groups is 1. The van der Waals surface area contributed by atoms with Gasteiger partial charge in [-0.05, 0) is 17.2 Å². The van der Waals surface area contributed by atoms with Crippen LogP contribution in [0.4, 0.5) is 0 Å². The van der Waals surface area contributed by atoms with Gasteiger partial charge in [-0.3, -0.25) is 14.5 Å². The molecule has 0 bridgehead atoms. The van der Waals surface area contributed by atoms with Crippen molar-refractivity contribution >= 4 is 11.8 Å². The van der Waals surface area contributed by atoms with Gasteiger partial charge in [0.25, 0.3) is 5.91 Å². The molecule has 4 heteroatoms. The molecular weight excluding hydrogens is 266 g/mol. The van der Waals surface area contributed by atoms with Gasteiger partial charge in [0.05, 0.1) is 19.1 Å². The second-order valence-electron chi connectivity index (χ2n) is 5.01. The summed E-state index contributed by atoms with van der Waals surface area (Å²) < 4.78 is 0. The van der Waals surface area contributed by atoms with Crippen molar-refractivity contribution in [1.82, 2.24) is 4.90 Å². The number of amides is 2. The average molecular weight is 281 g/mol. The Morgan fingerprint density at radius 3 is 2.38 bits per heavy atom. The van der Waals surface area contributed by atoms with E-state index in [1.165, 1.54) is 4.90 Å². The summed E-state index contributed by atoms with van der Waals surface area (Å²) in [6.45, 7) is -0.288. The van der Waals surface area contributed by atoms with Crippen LogP contribution in [0, 0.1) is 0 Å². The van der Waals surface area contributed by atoms with Crippen molar-refractivity contribution in [2.75, 3.05) is 6.61 Å². The number of imide groups is 1. The quantitative estimate of drug-likeness (QED) is 0.875. The smallest absolute Gasteiger partial charge is 0.261 e. The van der Waals surface area contributed by atoms with Crippen molar-refractivity contribution in [3.8, 4) is 0 Å². The van der Waals surface area contributed by atoms with Crippen molar-refractivity contribution < 1.29 is 14.7 Å². The third-order valence-electron chi connectivity index (χ3n) is 3.75. The largest absolute Gasteiger partial charge is 0.394 e. The van der Waals surface area contributed by atoms with Gasteiger partial charge in [-0.1, -0.05) is 48.5 Å². The zero-order valence-electron chi connectivity index (χ0n) is 11.4. The molecule has 1 N–H and O–H groups in total. The maximum absolute atomic E-state index is 12.6. The minimum absolute atomic E-state index is 0.186. The van der Waals surface area contributed by atoms with E-state index in [4.69, 9.17) is 0 Å². The molecule has 2 aromatic rings. The monoisotopic (exact) mass is 281 g/mol. The Balaban J connectivity index is 2.02. The predicted octanol–water partition coefficient (Wildman–Crippen LogP) is 1.95. The van der Waals surface area contributed by atoms with Gasteiger partial charge < -0.3 is 5.11 Å². The summed E-state index contributed by atoms with van der Waals surface area (Å²) in [6, 6.07) is 15.6. The van der Waals surface area contributed by atoms with E-state index in [9.17, 15) is 14.7 Å². The van der Waals surface area contributed by atoms with Crippen molar-refractivity contribution in [2.24, 2.45) is 0 Å². The van der Waals surface area contributed by atoms with E-state index < -0.39 is 6.04 Å².